The largest absolute Gasteiger partial charge is 0.495 e. The van der Waals surface area contributed by atoms with Crippen LogP contribution < -0.4 is 19.5 Å². The topological polar surface area (TPSA) is 56.8 Å². The van der Waals surface area contributed by atoms with Crippen LogP contribution in [0.5, 0.6) is 17.2 Å². The third kappa shape index (κ3) is 5.53. The standard InChI is InChI=1S/C21H22ClNO4/c1-5-10-27-18-8-6-15(12-20(18)26-4)7-9-21(24)23-17-11-14(2)16(22)13-19(17)25-3/h5-9,11-13H,1,10H2,2-4H3,(H,23,24)/b9-7+. The van der Waals surface area contributed by atoms with Crippen molar-refractivity contribution in [1.29, 1.82) is 0 Å². The number of rotatable bonds is 8. The van der Waals surface area contributed by atoms with E-state index in [1.54, 1.807) is 43.5 Å². The first kappa shape index (κ1) is 20.4. The normalized spacial score (nSPS) is 10.5. The van der Waals surface area contributed by atoms with E-state index in [1.165, 1.54) is 13.2 Å². The summed E-state index contributed by atoms with van der Waals surface area (Å²) in [6.45, 7) is 5.86. The van der Waals surface area contributed by atoms with Crippen molar-refractivity contribution in [2.45, 2.75) is 6.92 Å². The zero-order valence-corrected chi connectivity index (χ0v) is 16.3. The molecule has 0 unspecified atom stereocenters. The highest BCUT2D eigenvalue weighted by atomic mass is 35.5. The Kier molecular flexibility index (Phi) is 7.32. The Bertz CT molecular complexity index is 862. The van der Waals surface area contributed by atoms with Crippen LogP contribution in [-0.4, -0.2) is 26.7 Å². The van der Waals surface area contributed by atoms with Crippen LogP contribution in [0.4, 0.5) is 5.69 Å². The lowest BCUT2D eigenvalue weighted by Gasteiger charge is -2.11. The Morgan fingerprint density at radius 1 is 1.15 bits per heavy atom. The molecule has 0 fully saturated rings. The van der Waals surface area contributed by atoms with E-state index < -0.39 is 0 Å². The molecule has 0 bridgehead atoms. The second-order valence-electron chi connectivity index (χ2n) is 5.63. The minimum absolute atomic E-state index is 0.291. The summed E-state index contributed by atoms with van der Waals surface area (Å²) >= 11 is 6.08. The highest BCUT2D eigenvalue weighted by Crippen LogP contribution is 2.31. The third-order valence-electron chi connectivity index (χ3n) is 3.71. The first-order chi connectivity index (χ1) is 13.0. The Hall–Kier alpha value is -2.92. The van der Waals surface area contributed by atoms with Gasteiger partial charge in [-0.15, -0.1) is 0 Å². The minimum Gasteiger partial charge on any atom is -0.495 e. The molecule has 2 rings (SSSR count). The van der Waals surface area contributed by atoms with Crippen molar-refractivity contribution in [1.82, 2.24) is 0 Å². The molecule has 1 N–H and O–H groups in total. The number of aryl methyl sites for hydroxylation is 1. The van der Waals surface area contributed by atoms with Gasteiger partial charge in [-0.2, -0.15) is 0 Å². The molecule has 0 aromatic heterocycles. The molecular weight excluding hydrogens is 366 g/mol. The molecule has 5 nitrogen and oxygen atoms in total. The van der Waals surface area contributed by atoms with Crippen molar-refractivity contribution >= 4 is 29.3 Å². The number of halogens is 1. The molecule has 0 radical (unpaired) electrons. The van der Waals surface area contributed by atoms with Gasteiger partial charge in [0.05, 0.1) is 19.9 Å². The van der Waals surface area contributed by atoms with E-state index in [2.05, 4.69) is 11.9 Å². The van der Waals surface area contributed by atoms with Gasteiger partial charge in [0.15, 0.2) is 11.5 Å². The molecule has 0 saturated heterocycles. The summed E-state index contributed by atoms with van der Waals surface area (Å²) in [6, 6.07) is 8.84. The molecule has 27 heavy (non-hydrogen) atoms. The maximum Gasteiger partial charge on any atom is 0.248 e. The first-order valence-corrected chi connectivity index (χ1v) is 8.61. The zero-order valence-electron chi connectivity index (χ0n) is 15.5. The molecule has 6 heteroatoms. The second kappa shape index (κ2) is 9.69. The van der Waals surface area contributed by atoms with Crippen LogP contribution >= 0.6 is 11.6 Å². The molecule has 142 valence electrons. The average Bonchev–Trinajstić information content (AvgIpc) is 2.67. The summed E-state index contributed by atoms with van der Waals surface area (Å²) in [5.74, 6) is 1.40. The third-order valence-corrected chi connectivity index (χ3v) is 4.12. The van der Waals surface area contributed by atoms with Crippen LogP contribution in [0.2, 0.25) is 5.02 Å². The van der Waals surface area contributed by atoms with Gasteiger partial charge in [0.1, 0.15) is 12.4 Å². The van der Waals surface area contributed by atoms with Crippen LogP contribution in [0.3, 0.4) is 0 Å². The van der Waals surface area contributed by atoms with E-state index in [9.17, 15) is 4.79 Å². The summed E-state index contributed by atoms with van der Waals surface area (Å²) < 4.78 is 16.1. The van der Waals surface area contributed by atoms with Gasteiger partial charge in [0, 0.05) is 17.2 Å². The van der Waals surface area contributed by atoms with Crippen LogP contribution in [0.25, 0.3) is 6.08 Å². The highest BCUT2D eigenvalue weighted by Gasteiger charge is 2.09. The lowest BCUT2D eigenvalue weighted by Crippen LogP contribution is -2.09. The fourth-order valence-electron chi connectivity index (χ4n) is 2.33. The first-order valence-electron chi connectivity index (χ1n) is 8.23. The van der Waals surface area contributed by atoms with Gasteiger partial charge in [-0.25, -0.2) is 0 Å². The zero-order chi connectivity index (χ0) is 19.8. The predicted octanol–water partition coefficient (Wildman–Crippen LogP) is 4.88. The van der Waals surface area contributed by atoms with Gasteiger partial charge in [0.25, 0.3) is 0 Å². The maximum atomic E-state index is 12.3. The maximum absolute atomic E-state index is 12.3. The molecule has 0 heterocycles. The predicted molar refractivity (Wildman–Crippen MR) is 109 cm³/mol. The fourth-order valence-corrected chi connectivity index (χ4v) is 2.49. The van der Waals surface area contributed by atoms with Crippen LogP contribution in [0.1, 0.15) is 11.1 Å². The SMILES string of the molecule is C=CCOc1ccc(/C=C/C(=O)Nc2cc(C)c(Cl)cc2OC)cc1OC. The number of carbonyl (C=O) groups is 1. The van der Waals surface area contributed by atoms with Gasteiger partial charge in [-0.05, 0) is 42.3 Å². The number of amides is 1. The minimum atomic E-state index is -0.291. The van der Waals surface area contributed by atoms with E-state index in [0.29, 0.717) is 34.6 Å². The van der Waals surface area contributed by atoms with Crippen LogP contribution in [-0.2, 0) is 4.79 Å². The van der Waals surface area contributed by atoms with Gasteiger partial charge < -0.3 is 19.5 Å². The number of ether oxygens (including phenoxy) is 3. The molecule has 2 aromatic rings. The Labute approximate surface area is 164 Å². The van der Waals surface area contributed by atoms with Crippen molar-refractivity contribution in [3.8, 4) is 17.2 Å². The molecule has 0 aliphatic heterocycles. The number of nitrogens with one attached hydrogen (secondary N) is 1. The van der Waals surface area contributed by atoms with Crippen molar-refractivity contribution < 1.29 is 19.0 Å². The highest BCUT2D eigenvalue weighted by molar-refractivity contribution is 6.31. The number of hydrogen-bond acceptors (Lipinski definition) is 4. The number of carbonyl (C=O) groups excluding carboxylic acids is 1. The second-order valence-corrected chi connectivity index (χ2v) is 6.04. The number of benzene rings is 2. The van der Waals surface area contributed by atoms with Gasteiger partial charge in [-0.3, -0.25) is 4.79 Å². The smallest absolute Gasteiger partial charge is 0.248 e. The van der Waals surface area contributed by atoms with E-state index in [4.69, 9.17) is 25.8 Å². The average molecular weight is 388 g/mol. The molecule has 0 aliphatic rings. The summed E-state index contributed by atoms with van der Waals surface area (Å²) in [7, 11) is 3.08. The van der Waals surface area contributed by atoms with Gasteiger partial charge >= 0.3 is 0 Å². The molecule has 0 saturated carbocycles. The van der Waals surface area contributed by atoms with E-state index in [1.807, 2.05) is 13.0 Å². The van der Waals surface area contributed by atoms with E-state index in [0.717, 1.165) is 11.1 Å². The van der Waals surface area contributed by atoms with Crippen molar-refractivity contribution in [3.63, 3.8) is 0 Å². The fraction of sp³-hybridized carbons (Fsp3) is 0.190. The van der Waals surface area contributed by atoms with Crippen molar-refractivity contribution in [2.24, 2.45) is 0 Å². The van der Waals surface area contributed by atoms with E-state index >= 15 is 0 Å². The molecule has 0 aliphatic carbocycles. The molecule has 0 spiro atoms. The van der Waals surface area contributed by atoms with Crippen LogP contribution in [0.15, 0.2) is 49.1 Å². The monoisotopic (exact) mass is 387 g/mol. The summed E-state index contributed by atoms with van der Waals surface area (Å²) in [6.07, 6.45) is 4.77. The summed E-state index contributed by atoms with van der Waals surface area (Å²) in [5, 5.41) is 3.37. The van der Waals surface area contributed by atoms with Crippen molar-refractivity contribution in [2.75, 3.05) is 26.1 Å². The summed E-state index contributed by atoms with van der Waals surface area (Å²) in [4.78, 5) is 12.3. The Balaban J connectivity index is 2.13. The molecule has 0 atom stereocenters. The van der Waals surface area contributed by atoms with Gasteiger partial charge in [-0.1, -0.05) is 30.3 Å². The molecule has 1 amide bonds. The number of anilines is 1. The van der Waals surface area contributed by atoms with Gasteiger partial charge in [0.2, 0.25) is 5.91 Å². The molecular formula is C21H22ClNO4. The Morgan fingerprint density at radius 3 is 2.56 bits per heavy atom. The lowest BCUT2D eigenvalue weighted by atomic mass is 10.1. The lowest BCUT2D eigenvalue weighted by molar-refractivity contribution is -0.111. The number of hydrogen-bond donors (Lipinski definition) is 1. The van der Waals surface area contributed by atoms with Crippen LogP contribution in [0, 0.1) is 6.92 Å². The van der Waals surface area contributed by atoms with Crippen molar-refractivity contribution in [3.05, 3.63) is 65.2 Å². The molecule has 2 aromatic carbocycles. The summed E-state index contributed by atoms with van der Waals surface area (Å²) in [5.41, 5.74) is 2.20. The quantitative estimate of drug-likeness (QED) is 0.518. The number of methoxy groups -OCH3 is 2. The van der Waals surface area contributed by atoms with E-state index in [-0.39, 0.29) is 5.91 Å². The Morgan fingerprint density at radius 2 is 1.89 bits per heavy atom.